The molecule has 0 saturated carbocycles. The number of anilines is 1. The molecule has 7 nitrogen and oxygen atoms in total. The molecule has 1 saturated heterocycles. The number of likely N-dealkylation sites (N-methyl/N-ethyl adjacent to an activating group) is 1. The highest BCUT2D eigenvalue weighted by Gasteiger charge is 2.33. The molecular weight excluding hydrogens is 344 g/mol. The van der Waals surface area contributed by atoms with Gasteiger partial charge in [0.1, 0.15) is 12.4 Å². The summed E-state index contributed by atoms with van der Waals surface area (Å²) in [5.41, 5.74) is 0.786. The molecule has 0 unspecified atom stereocenters. The van der Waals surface area contributed by atoms with Crippen molar-refractivity contribution < 1.29 is 22.7 Å². The van der Waals surface area contributed by atoms with Crippen molar-refractivity contribution in [2.75, 3.05) is 44.8 Å². The maximum Gasteiger partial charge on any atom is 0.309 e. The predicted octanol–water partition coefficient (Wildman–Crippen LogP) is 1.48. The number of carbonyl (C=O) groups is 1. The Kier molecular flexibility index (Phi) is 5.19. The topological polar surface area (TPSA) is 76.2 Å². The van der Waals surface area contributed by atoms with E-state index in [-0.39, 0.29) is 16.8 Å². The van der Waals surface area contributed by atoms with Gasteiger partial charge in [-0.15, -0.1) is 0 Å². The molecule has 3 rings (SSSR count). The maximum absolute atomic E-state index is 12.9. The molecule has 25 heavy (non-hydrogen) atoms. The van der Waals surface area contributed by atoms with Gasteiger partial charge in [0, 0.05) is 20.1 Å². The van der Waals surface area contributed by atoms with Gasteiger partial charge in [-0.05, 0) is 38.0 Å². The minimum atomic E-state index is -3.58. The Hall–Kier alpha value is -1.80. The fraction of sp³-hybridized carbons (Fsp3) is 0.588. The first-order valence-electron chi connectivity index (χ1n) is 8.58. The number of benzene rings is 1. The average molecular weight is 368 g/mol. The average Bonchev–Trinajstić information content (AvgIpc) is 2.62. The number of piperidine rings is 1. The van der Waals surface area contributed by atoms with Gasteiger partial charge in [-0.25, -0.2) is 8.42 Å². The van der Waals surface area contributed by atoms with Crippen LogP contribution in [0.5, 0.6) is 5.75 Å². The van der Waals surface area contributed by atoms with Crippen molar-refractivity contribution in [3.8, 4) is 5.75 Å². The first kappa shape index (κ1) is 18.0. The van der Waals surface area contributed by atoms with E-state index in [1.165, 1.54) is 4.31 Å². The van der Waals surface area contributed by atoms with Crippen LogP contribution in [0.25, 0.3) is 0 Å². The third-order valence-corrected chi connectivity index (χ3v) is 6.63. The van der Waals surface area contributed by atoms with Gasteiger partial charge in [0.05, 0.1) is 29.7 Å². The number of sulfonamides is 1. The van der Waals surface area contributed by atoms with Crippen molar-refractivity contribution in [1.82, 2.24) is 4.31 Å². The normalized spacial score (nSPS) is 19.2. The van der Waals surface area contributed by atoms with Gasteiger partial charge in [0.2, 0.25) is 10.0 Å². The van der Waals surface area contributed by atoms with Crippen LogP contribution in [-0.2, 0) is 19.6 Å². The van der Waals surface area contributed by atoms with E-state index in [4.69, 9.17) is 9.47 Å². The molecule has 8 heteroatoms. The van der Waals surface area contributed by atoms with Crippen molar-refractivity contribution in [2.45, 2.75) is 24.7 Å². The smallest absolute Gasteiger partial charge is 0.309 e. The van der Waals surface area contributed by atoms with Gasteiger partial charge >= 0.3 is 5.97 Å². The lowest BCUT2D eigenvalue weighted by molar-refractivity contribution is -0.149. The van der Waals surface area contributed by atoms with Crippen LogP contribution >= 0.6 is 0 Å². The van der Waals surface area contributed by atoms with Crippen LogP contribution in [0.15, 0.2) is 23.1 Å². The predicted molar refractivity (Wildman–Crippen MR) is 93.3 cm³/mol. The monoisotopic (exact) mass is 368 g/mol. The van der Waals surface area contributed by atoms with E-state index in [0.29, 0.717) is 44.9 Å². The molecule has 2 heterocycles. The Labute approximate surface area is 148 Å². The SMILES string of the molecule is CCOC(=O)C1CCN(S(=O)(=O)c2ccc3c(c2)N(C)CCO3)CC1. The van der Waals surface area contributed by atoms with Gasteiger partial charge in [-0.3, -0.25) is 4.79 Å². The molecular formula is C17H24N2O5S. The van der Waals surface area contributed by atoms with Crippen LogP contribution in [-0.4, -0.2) is 58.6 Å². The Morgan fingerprint density at radius 2 is 2.00 bits per heavy atom. The van der Waals surface area contributed by atoms with Crippen LogP contribution in [0.4, 0.5) is 5.69 Å². The zero-order valence-electron chi connectivity index (χ0n) is 14.6. The number of rotatable bonds is 4. The molecule has 2 aliphatic heterocycles. The van der Waals surface area contributed by atoms with E-state index < -0.39 is 10.0 Å². The summed E-state index contributed by atoms with van der Waals surface area (Å²) >= 11 is 0. The number of hydrogen-bond acceptors (Lipinski definition) is 6. The first-order chi connectivity index (χ1) is 11.9. The van der Waals surface area contributed by atoms with Crippen molar-refractivity contribution in [3.05, 3.63) is 18.2 Å². The molecule has 0 atom stereocenters. The molecule has 0 spiro atoms. The van der Waals surface area contributed by atoms with Gasteiger partial charge in [0.25, 0.3) is 0 Å². The Bertz CT molecular complexity index is 741. The second kappa shape index (κ2) is 7.21. The molecule has 2 aliphatic rings. The fourth-order valence-corrected chi connectivity index (χ4v) is 4.72. The molecule has 1 fully saturated rings. The largest absolute Gasteiger partial charge is 0.490 e. The molecule has 0 bridgehead atoms. The van der Waals surface area contributed by atoms with E-state index in [1.54, 1.807) is 25.1 Å². The first-order valence-corrected chi connectivity index (χ1v) is 10.0. The Morgan fingerprint density at radius 1 is 1.28 bits per heavy atom. The molecule has 0 amide bonds. The van der Waals surface area contributed by atoms with Crippen LogP contribution in [0.1, 0.15) is 19.8 Å². The highest BCUT2D eigenvalue weighted by molar-refractivity contribution is 7.89. The highest BCUT2D eigenvalue weighted by Crippen LogP contribution is 2.34. The highest BCUT2D eigenvalue weighted by atomic mass is 32.2. The van der Waals surface area contributed by atoms with E-state index in [2.05, 4.69) is 0 Å². The number of nitrogens with zero attached hydrogens (tertiary/aromatic N) is 2. The lowest BCUT2D eigenvalue weighted by Crippen LogP contribution is -2.40. The molecule has 138 valence electrons. The summed E-state index contributed by atoms with van der Waals surface area (Å²) < 4.78 is 37.9. The standard InChI is InChI=1S/C17H24N2O5S/c1-3-23-17(20)13-6-8-19(9-7-13)25(21,22)14-4-5-16-15(12-14)18(2)10-11-24-16/h4-5,12-13H,3,6-11H2,1-2H3. The molecule has 0 radical (unpaired) electrons. The fourth-order valence-electron chi connectivity index (χ4n) is 3.23. The molecule has 0 aliphatic carbocycles. The minimum Gasteiger partial charge on any atom is -0.490 e. The van der Waals surface area contributed by atoms with Crippen molar-refractivity contribution in [1.29, 1.82) is 0 Å². The van der Waals surface area contributed by atoms with E-state index in [0.717, 1.165) is 12.2 Å². The number of carbonyl (C=O) groups excluding carboxylic acids is 1. The summed E-state index contributed by atoms with van der Waals surface area (Å²) in [5, 5.41) is 0. The number of fused-ring (bicyclic) bond motifs is 1. The zero-order valence-corrected chi connectivity index (χ0v) is 15.4. The number of esters is 1. The second-order valence-corrected chi connectivity index (χ2v) is 8.27. The molecule has 0 aromatic heterocycles. The zero-order chi connectivity index (χ0) is 18.0. The Morgan fingerprint density at radius 3 is 2.68 bits per heavy atom. The second-order valence-electron chi connectivity index (χ2n) is 6.33. The van der Waals surface area contributed by atoms with Gasteiger partial charge in [0.15, 0.2) is 0 Å². The lowest BCUT2D eigenvalue weighted by Gasteiger charge is -2.31. The van der Waals surface area contributed by atoms with Gasteiger partial charge in [-0.1, -0.05) is 0 Å². The third-order valence-electron chi connectivity index (χ3n) is 4.74. The van der Waals surface area contributed by atoms with Crippen LogP contribution in [0.3, 0.4) is 0 Å². The maximum atomic E-state index is 12.9. The summed E-state index contributed by atoms with van der Waals surface area (Å²) in [5.74, 6) is 0.260. The quantitative estimate of drug-likeness (QED) is 0.750. The summed E-state index contributed by atoms with van der Waals surface area (Å²) in [6.45, 7) is 4.10. The van der Waals surface area contributed by atoms with E-state index in [1.807, 2.05) is 11.9 Å². The third kappa shape index (κ3) is 3.59. The lowest BCUT2D eigenvalue weighted by atomic mass is 9.98. The number of hydrogen-bond donors (Lipinski definition) is 0. The Balaban J connectivity index is 1.75. The van der Waals surface area contributed by atoms with E-state index in [9.17, 15) is 13.2 Å². The van der Waals surface area contributed by atoms with Gasteiger partial charge < -0.3 is 14.4 Å². The van der Waals surface area contributed by atoms with Crippen molar-refractivity contribution in [2.24, 2.45) is 5.92 Å². The summed E-state index contributed by atoms with van der Waals surface area (Å²) in [6.07, 6.45) is 0.984. The minimum absolute atomic E-state index is 0.213. The van der Waals surface area contributed by atoms with Gasteiger partial charge in [-0.2, -0.15) is 4.31 Å². The molecule has 1 aromatic rings. The van der Waals surface area contributed by atoms with Crippen molar-refractivity contribution >= 4 is 21.7 Å². The summed E-state index contributed by atoms with van der Waals surface area (Å²) in [6, 6.07) is 4.97. The molecule has 0 N–H and O–H groups in total. The van der Waals surface area contributed by atoms with Crippen LogP contribution in [0.2, 0.25) is 0 Å². The van der Waals surface area contributed by atoms with Crippen molar-refractivity contribution in [3.63, 3.8) is 0 Å². The van der Waals surface area contributed by atoms with Crippen LogP contribution in [0, 0.1) is 5.92 Å². The van der Waals surface area contributed by atoms with E-state index >= 15 is 0 Å². The summed E-state index contributed by atoms with van der Waals surface area (Å²) in [7, 11) is -1.66. The summed E-state index contributed by atoms with van der Waals surface area (Å²) in [4.78, 5) is 14.1. The molecule has 1 aromatic carbocycles. The number of ether oxygens (including phenoxy) is 2. The van der Waals surface area contributed by atoms with Crippen LogP contribution < -0.4 is 9.64 Å².